The van der Waals surface area contributed by atoms with Crippen LogP contribution in [0.15, 0.2) is 0 Å². The molecule has 2 atom stereocenters. The highest BCUT2D eigenvalue weighted by atomic mass is 16.5. The van der Waals surface area contributed by atoms with Crippen LogP contribution in [0.2, 0.25) is 0 Å². The molecule has 0 saturated heterocycles. The second-order valence-corrected chi connectivity index (χ2v) is 5.99. The Morgan fingerprint density at radius 1 is 1.29 bits per heavy atom. The fourth-order valence-electron chi connectivity index (χ4n) is 2.57. The van der Waals surface area contributed by atoms with Gasteiger partial charge in [0.15, 0.2) is 0 Å². The van der Waals surface area contributed by atoms with Gasteiger partial charge in [-0.1, -0.05) is 26.7 Å². The van der Waals surface area contributed by atoms with Gasteiger partial charge in [0, 0.05) is 13.2 Å². The molecule has 1 aliphatic rings. The summed E-state index contributed by atoms with van der Waals surface area (Å²) >= 11 is 0. The summed E-state index contributed by atoms with van der Waals surface area (Å²) in [5.41, 5.74) is -0.723. The fraction of sp³-hybridized carbons (Fsp3) is 0.929. The number of hydrogen-bond acceptors (Lipinski definition) is 2. The molecule has 0 bridgehead atoms. The summed E-state index contributed by atoms with van der Waals surface area (Å²) in [6.45, 7) is 8.12. The van der Waals surface area contributed by atoms with Gasteiger partial charge in [-0.05, 0) is 38.5 Å². The average Bonchev–Trinajstić information content (AvgIpc) is 2.29. The van der Waals surface area contributed by atoms with Gasteiger partial charge in [0.2, 0.25) is 0 Å². The standard InChI is InChI=1S/C14H27NO2/c1-10(2)11-8-6-7-9-12(11)15-13(16)14(3,4)17-5/h10-12H,6-9H2,1-5H3,(H,15,16). The molecule has 3 nitrogen and oxygen atoms in total. The molecular weight excluding hydrogens is 214 g/mol. The monoisotopic (exact) mass is 241 g/mol. The van der Waals surface area contributed by atoms with Gasteiger partial charge in [-0.25, -0.2) is 0 Å². The number of amides is 1. The molecule has 0 aromatic heterocycles. The molecule has 100 valence electrons. The van der Waals surface area contributed by atoms with Crippen molar-refractivity contribution < 1.29 is 9.53 Å². The zero-order valence-electron chi connectivity index (χ0n) is 11.9. The van der Waals surface area contributed by atoms with Gasteiger partial charge in [-0.15, -0.1) is 0 Å². The van der Waals surface area contributed by atoms with E-state index in [0.717, 1.165) is 6.42 Å². The van der Waals surface area contributed by atoms with E-state index in [1.165, 1.54) is 19.3 Å². The molecule has 1 fully saturated rings. The first-order chi connectivity index (χ1) is 7.88. The highest BCUT2D eigenvalue weighted by Gasteiger charge is 2.33. The largest absolute Gasteiger partial charge is 0.369 e. The summed E-state index contributed by atoms with van der Waals surface area (Å²) in [5, 5.41) is 3.18. The van der Waals surface area contributed by atoms with Crippen molar-refractivity contribution in [1.29, 1.82) is 0 Å². The molecule has 17 heavy (non-hydrogen) atoms. The number of rotatable bonds is 4. The molecule has 0 heterocycles. The van der Waals surface area contributed by atoms with Gasteiger partial charge in [0.1, 0.15) is 5.60 Å². The van der Waals surface area contributed by atoms with Crippen molar-refractivity contribution in [3.63, 3.8) is 0 Å². The quantitative estimate of drug-likeness (QED) is 0.822. The van der Waals surface area contributed by atoms with Crippen molar-refractivity contribution in [2.75, 3.05) is 7.11 Å². The van der Waals surface area contributed by atoms with Crippen LogP contribution < -0.4 is 5.32 Å². The van der Waals surface area contributed by atoms with Gasteiger partial charge in [-0.2, -0.15) is 0 Å². The molecule has 1 aliphatic carbocycles. The summed E-state index contributed by atoms with van der Waals surface area (Å²) in [4.78, 5) is 12.1. The number of ether oxygens (including phenoxy) is 1. The molecule has 2 unspecified atom stereocenters. The molecule has 0 aromatic carbocycles. The van der Waals surface area contributed by atoms with Crippen molar-refractivity contribution in [2.45, 2.75) is 65.0 Å². The molecular formula is C14H27NO2. The molecule has 1 rings (SSSR count). The maximum absolute atomic E-state index is 12.1. The Morgan fingerprint density at radius 3 is 2.41 bits per heavy atom. The summed E-state index contributed by atoms with van der Waals surface area (Å²) in [5.74, 6) is 1.25. The van der Waals surface area contributed by atoms with Crippen molar-refractivity contribution in [1.82, 2.24) is 5.32 Å². The molecule has 0 aromatic rings. The molecule has 3 heteroatoms. The zero-order chi connectivity index (χ0) is 13.1. The predicted molar refractivity (Wildman–Crippen MR) is 69.8 cm³/mol. The second-order valence-electron chi connectivity index (χ2n) is 5.99. The lowest BCUT2D eigenvalue weighted by Crippen LogP contribution is -2.51. The normalized spacial score (nSPS) is 26.0. The maximum Gasteiger partial charge on any atom is 0.251 e. The smallest absolute Gasteiger partial charge is 0.251 e. The molecule has 1 N–H and O–H groups in total. The third-order valence-corrected chi connectivity index (χ3v) is 4.05. The van der Waals surface area contributed by atoms with E-state index in [-0.39, 0.29) is 5.91 Å². The van der Waals surface area contributed by atoms with Crippen molar-refractivity contribution in [3.05, 3.63) is 0 Å². The summed E-state index contributed by atoms with van der Waals surface area (Å²) in [7, 11) is 1.58. The van der Waals surface area contributed by atoms with Crippen LogP contribution in [0.1, 0.15) is 53.4 Å². The fourth-order valence-corrected chi connectivity index (χ4v) is 2.57. The average molecular weight is 241 g/mol. The van der Waals surface area contributed by atoms with Gasteiger partial charge >= 0.3 is 0 Å². The van der Waals surface area contributed by atoms with E-state index in [9.17, 15) is 4.79 Å². The molecule has 0 radical (unpaired) electrons. The van der Waals surface area contributed by atoms with E-state index in [1.54, 1.807) is 7.11 Å². The molecule has 1 saturated carbocycles. The molecule has 0 aliphatic heterocycles. The van der Waals surface area contributed by atoms with E-state index in [1.807, 2.05) is 13.8 Å². The Balaban J connectivity index is 2.62. The molecule has 1 amide bonds. The minimum atomic E-state index is -0.723. The first-order valence-corrected chi connectivity index (χ1v) is 6.74. The van der Waals surface area contributed by atoms with Crippen LogP contribution >= 0.6 is 0 Å². The summed E-state index contributed by atoms with van der Waals surface area (Å²) in [6, 6.07) is 0.325. The highest BCUT2D eigenvalue weighted by molar-refractivity contribution is 5.84. The molecule has 0 spiro atoms. The lowest BCUT2D eigenvalue weighted by atomic mass is 9.77. The van der Waals surface area contributed by atoms with Gasteiger partial charge < -0.3 is 10.1 Å². The lowest BCUT2D eigenvalue weighted by Gasteiger charge is -2.36. The third kappa shape index (κ3) is 3.70. The van der Waals surface area contributed by atoms with Crippen molar-refractivity contribution >= 4 is 5.91 Å². The van der Waals surface area contributed by atoms with Crippen LogP contribution in [-0.2, 0) is 9.53 Å². The summed E-state index contributed by atoms with van der Waals surface area (Å²) < 4.78 is 5.22. The predicted octanol–water partition coefficient (Wildman–Crippen LogP) is 2.74. The van der Waals surface area contributed by atoms with E-state index >= 15 is 0 Å². The van der Waals surface area contributed by atoms with E-state index < -0.39 is 5.60 Å². The van der Waals surface area contributed by atoms with Gasteiger partial charge in [-0.3, -0.25) is 4.79 Å². The lowest BCUT2D eigenvalue weighted by molar-refractivity contribution is -0.141. The first kappa shape index (κ1) is 14.5. The maximum atomic E-state index is 12.1. The summed E-state index contributed by atoms with van der Waals surface area (Å²) in [6.07, 6.45) is 4.86. The SMILES string of the molecule is COC(C)(C)C(=O)NC1CCCCC1C(C)C. The van der Waals surface area contributed by atoms with Crippen LogP contribution in [0, 0.1) is 11.8 Å². The topological polar surface area (TPSA) is 38.3 Å². The number of nitrogens with one attached hydrogen (secondary N) is 1. The zero-order valence-corrected chi connectivity index (χ0v) is 11.9. The highest BCUT2D eigenvalue weighted by Crippen LogP contribution is 2.30. The number of hydrogen-bond donors (Lipinski definition) is 1. The Bertz CT molecular complexity index is 261. The van der Waals surface area contributed by atoms with Crippen molar-refractivity contribution in [2.24, 2.45) is 11.8 Å². The van der Waals surface area contributed by atoms with Crippen LogP contribution in [-0.4, -0.2) is 24.7 Å². The number of methoxy groups -OCH3 is 1. The van der Waals surface area contributed by atoms with Crippen LogP contribution in [0.25, 0.3) is 0 Å². The van der Waals surface area contributed by atoms with Crippen LogP contribution in [0.4, 0.5) is 0 Å². The van der Waals surface area contributed by atoms with E-state index in [2.05, 4.69) is 19.2 Å². The Morgan fingerprint density at radius 2 is 1.88 bits per heavy atom. The number of carbonyl (C=O) groups is 1. The van der Waals surface area contributed by atoms with E-state index in [0.29, 0.717) is 17.9 Å². The number of carbonyl (C=O) groups excluding carboxylic acids is 1. The third-order valence-electron chi connectivity index (χ3n) is 4.05. The van der Waals surface area contributed by atoms with Gasteiger partial charge in [0.05, 0.1) is 0 Å². The van der Waals surface area contributed by atoms with Gasteiger partial charge in [0.25, 0.3) is 5.91 Å². The first-order valence-electron chi connectivity index (χ1n) is 6.74. The van der Waals surface area contributed by atoms with Crippen LogP contribution in [0.3, 0.4) is 0 Å². The Kier molecular flexibility index (Phi) is 4.99. The van der Waals surface area contributed by atoms with E-state index in [4.69, 9.17) is 4.74 Å². The second kappa shape index (κ2) is 5.85. The van der Waals surface area contributed by atoms with Crippen molar-refractivity contribution in [3.8, 4) is 0 Å². The Labute approximate surface area is 105 Å². The van der Waals surface area contributed by atoms with Crippen LogP contribution in [0.5, 0.6) is 0 Å². The Hall–Kier alpha value is -0.570. The minimum absolute atomic E-state index is 0.0116. The minimum Gasteiger partial charge on any atom is -0.369 e.